The van der Waals surface area contributed by atoms with Crippen LogP contribution in [0.3, 0.4) is 0 Å². The van der Waals surface area contributed by atoms with Gasteiger partial charge in [-0.05, 0) is 43.2 Å². The molecule has 1 aromatic carbocycles. The molecule has 4 heteroatoms. The minimum atomic E-state index is 0.569. The molecule has 0 unspecified atom stereocenters. The van der Waals surface area contributed by atoms with Crippen molar-refractivity contribution < 1.29 is 9.53 Å². The van der Waals surface area contributed by atoms with Crippen LogP contribution >= 0.6 is 0 Å². The highest BCUT2D eigenvalue weighted by atomic mass is 16.5. The zero-order chi connectivity index (χ0) is 13.3. The summed E-state index contributed by atoms with van der Waals surface area (Å²) in [6.07, 6.45) is 0.810. The molecular weight excluding hydrogens is 228 g/mol. The molecular formula is C14H16N2O2. The monoisotopic (exact) mass is 244 g/mol. The van der Waals surface area contributed by atoms with Gasteiger partial charge in [-0.1, -0.05) is 0 Å². The Morgan fingerprint density at radius 3 is 2.28 bits per heavy atom. The Balaban J connectivity index is 2.59. The number of aromatic nitrogens is 2. The maximum absolute atomic E-state index is 10.9. The summed E-state index contributed by atoms with van der Waals surface area (Å²) in [5, 5.41) is 4.37. The number of methoxy groups -OCH3 is 1. The second-order valence-corrected chi connectivity index (χ2v) is 4.33. The fourth-order valence-corrected chi connectivity index (χ4v) is 2.16. The molecule has 2 aromatic rings. The lowest BCUT2D eigenvalue weighted by Crippen LogP contribution is -1.96. The van der Waals surface area contributed by atoms with Crippen molar-refractivity contribution in [1.82, 2.24) is 9.78 Å². The molecule has 0 saturated heterocycles. The lowest BCUT2D eigenvalue weighted by atomic mass is 9.99. The van der Waals surface area contributed by atoms with Gasteiger partial charge in [-0.3, -0.25) is 9.48 Å². The van der Waals surface area contributed by atoms with Gasteiger partial charge in [0.05, 0.1) is 12.8 Å². The number of carbonyl (C=O) groups excluding carboxylic acids is 1. The van der Waals surface area contributed by atoms with Gasteiger partial charge in [-0.15, -0.1) is 0 Å². The third-order valence-electron chi connectivity index (χ3n) is 3.03. The smallest absolute Gasteiger partial charge is 0.168 e. The lowest BCUT2D eigenvalue weighted by Gasteiger charge is -2.10. The van der Waals surface area contributed by atoms with Crippen molar-refractivity contribution in [3.8, 4) is 17.0 Å². The number of aldehydes is 1. The SMILES string of the molecule is COc1cc(C)c(-c2cc(C=O)n(C)n2)c(C)c1. The summed E-state index contributed by atoms with van der Waals surface area (Å²) in [5.74, 6) is 0.834. The van der Waals surface area contributed by atoms with Gasteiger partial charge in [0, 0.05) is 12.6 Å². The van der Waals surface area contributed by atoms with E-state index in [1.165, 1.54) is 0 Å². The van der Waals surface area contributed by atoms with Crippen LogP contribution in [-0.2, 0) is 7.05 Å². The zero-order valence-electron chi connectivity index (χ0n) is 11.0. The molecule has 0 amide bonds. The molecule has 0 bridgehead atoms. The first-order valence-corrected chi connectivity index (χ1v) is 5.71. The molecule has 0 atom stereocenters. The summed E-state index contributed by atoms with van der Waals surface area (Å²) < 4.78 is 6.82. The topological polar surface area (TPSA) is 44.1 Å². The third kappa shape index (κ3) is 2.01. The van der Waals surface area contributed by atoms with E-state index in [0.29, 0.717) is 5.69 Å². The fourth-order valence-electron chi connectivity index (χ4n) is 2.16. The number of hydrogen-bond acceptors (Lipinski definition) is 3. The molecule has 0 radical (unpaired) electrons. The summed E-state index contributed by atoms with van der Waals surface area (Å²) >= 11 is 0. The highest BCUT2D eigenvalue weighted by Gasteiger charge is 2.12. The lowest BCUT2D eigenvalue weighted by molar-refractivity contribution is 0.111. The van der Waals surface area contributed by atoms with Gasteiger partial charge in [0.15, 0.2) is 6.29 Å². The van der Waals surface area contributed by atoms with Crippen molar-refractivity contribution in [2.75, 3.05) is 7.11 Å². The van der Waals surface area contributed by atoms with Gasteiger partial charge in [0.2, 0.25) is 0 Å². The Bertz CT molecular complexity index is 577. The summed E-state index contributed by atoms with van der Waals surface area (Å²) in [6.45, 7) is 4.03. The minimum Gasteiger partial charge on any atom is -0.497 e. The predicted octanol–water partition coefficient (Wildman–Crippen LogP) is 2.53. The summed E-state index contributed by atoms with van der Waals surface area (Å²) in [6, 6.07) is 5.74. The minimum absolute atomic E-state index is 0.569. The molecule has 94 valence electrons. The van der Waals surface area contributed by atoms with Crippen LogP contribution in [0.1, 0.15) is 21.6 Å². The number of rotatable bonds is 3. The van der Waals surface area contributed by atoms with E-state index in [0.717, 1.165) is 34.4 Å². The molecule has 0 aliphatic rings. The summed E-state index contributed by atoms with van der Waals surface area (Å²) in [7, 11) is 3.42. The molecule has 18 heavy (non-hydrogen) atoms. The Kier molecular flexibility index (Phi) is 3.19. The average Bonchev–Trinajstić information content (AvgIpc) is 2.69. The second kappa shape index (κ2) is 4.64. The summed E-state index contributed by atoms with van der Waals surface area (Å²) in [5.41, 5.74) is 4.61. The van der Waals surface area contributed by atoms with E-state index < -0.39 is 0 Å². The molecule has 0 N–H and O–H groups in total. The number of ether oxygens (including phenoxy) is 1. The maximum Gasteiger partial charge on any atom is 0.168 e. The van der Waals surface area contributed by atoms with E-state index in [-0.39, 0.29) is 0 Å². The highest BCUT2D eigenvalue weighted by Crippen LogP contribution is 2.30. The molecule has 2 rings (SSSR count). The van der Waals surface area contributed by atoms with E-state index in [4.69, 9.17) is 4.74 Å². The number of benzene rings is 1. The van der Waals surface area contributed by atoms with Crippen LogP contribution in [0, 0.1) is 13.8 Å². The first-order valence-electron chi connectivity index (χ1n) is 5.71. The second-order valence-electron chi connectivity index (χ2n) is 4.33. The highest BCUT2D eigenvalue weighted by molar-refractivity contribution is 5.77. The number of carbonyl (C=O) groups is 1. The van der Waals surface area contributed by atoms with E-state index in [1.807, 2.05) is 26.0 Å². The number of hydrogen-bond donors (Lipinski definition) is 0. The molecule has 0 aliphatic carbocycles. The molecule has 0 aliphatic heterocycles. The van der Waals surface area contributed by atoms with Gasteiger partial charge in [-0.25, -0.2) is 0 Å². The maximum atomic E-state index is 10.9. The van der Waals surface area contributed by atoms with Crippen molar-refractivity contribution in [3.63, 3.8) is 0 Å². The zero-order valence-corrected chi connectivity index (χ0v) is 11.0. The van der Waals surface area contributed by atoms with Crippen LogP contribution in [0.4, 0.5) is 0 Å². The van der Waals surface area contributed by atoms with Crippen molar-refractivity contribution in [2.24, 2.45) is 7.05 Å². The van der Waals surface area contributed by atoms with Crippen LogP contribution in [0.25, 0.3) is 11.3 Å². The van der Waals surface area contributed by atoms with E-state index in [9.17, 15) is 4.79 Å². The summed E-state index contributed by atoms with van der Waals surface area (Å²) in [4.78, 5) is 10.9. The first-order chi connectivity index (χ1) is 8.56. The molecule has 0 spiro atoms. The fraction of sp³-hybridized carbons (Fsp3) is 0.286. The number of nitrogens with zero attached hydrogens (tertiary/aromatic N) is 2. The Morgan fingerprint density at radius 1 is 1.22 bits per heavy atom. The molecule has 0 fully saturated rings. The quantitative estimate of drug-likeness (QED) is 0.779. The third-order valence-corrected chi connectivity index (χ3v) is 3.03. The van der Waals surface area contributed by atoms with Gasteiger partial charge in [-0.2, -0.15) is 5.10 Å². The van der Waals surface area contributed by atoms with Crippen LogP contribution in [0.2, 0.25) is 0 Å². The van der Waals surface area contributed by atoms with Crippen molar-refractivity contribution in [1.29, 1.82) is 0 Å². The van der Waals surface area contributed by atoms with Crippen molar-refractivity contribution in [3.05, 3.63) is 35.0 Å². The Hall–Kier alpha value is -2.10. The normalized spacial score (nSPS) is 10.4. The molecule has 1 aromatic heterocycles. The van der Waals surface area contributed by atoms with E-state index in [1.54, 1.807) is 24.9 Å². The number of aryl methyl sites for hydroxylation is 3. The predicted molar refractivity (Wildman–Crippen MR) is 70.1 cm³/mol. The van der Waals surface area contributed by atoms with Crippen LogP contribution < -0.4 is 4.74 Å². The average molecular weight is 244 g/mol. The van der Waals surface area contributed by atoms with Gasteiger partial charge < -0.3 is 4.74 Å². The van der Waals surface area contributed by atoms with Gasteiger partial charge >= 0.3 is 0 Å². The van der Waals surface area contributed by atoms with Gasteiger partial charge in [0.25, 0.3) is 0 Å². The van der Waals surface area contributed by atoms with Crippen LogP contribution in [-0.4, -0.2) is 23.2 Å². The van der Waals surface area contributed by atoms with Crippen LogP contribution in [0.15, 0.2) is 18.2 Å². The van der Waals surface area contributed by atoms with Crippen molar-refractivity contribution >= 4 is 6.29 Å². The molecule has 4 nitrogen and oxygen atoms in total. The molecule has 0 saturated carbocycles. The van der Waals surface area contributed by atoms with E-state index >= 15 is 0 Å². The standard InChI is InChI=1S/C14H16N2O2/c1-9-5-12(18-4)6-10(2)14(9)13-7-11(8-17)16(3)15-13/h5-8H,1-4H3. The van der Waals surface area contributed by atoms with E-state index in [2.05, 4.69) is 5.10 Å². The molecule has 1 heterocycles. The van der Waals surface area contributed by atoms with Crippen LogP contribution in [0.5, 0.6) is 5.75 Å². The Morgan fingerprint density at radius 2 is 1.83 bits per heavy atom. The largest absolute Gasteiger partial charge is 0.497 e. The van der Waals surface area contributed by atoms with Crippen molar-refractivity contribution in [2.45, 2.75) is 13.8 Å². The van der Waals surface area contributed by atoms with Gasteiger partial charge in [0.1, 0.15) is 11.4 Å². The Labute approximate surface area is 106 Å². The first kappa shape index (κ1) is 12.4.